The Balaban J connectivity index is 2.44. The highest BCUT2D eigenvalue weighted by atomic mass is 35.5. The van der Waals surface area contributed by atoms with Crippen molar-refractivity contribution in [3.8, 4) is 10.6 Å². The average molecular weight is 280 g/mol. The number of hydrogen-bond donors (Lipinski definition) is 0. The van der Waals surface area contributed by atoms with Gasteiger partial charge in [-0.25, -0.2) is 15.0 Å². The van der Waals surface area contributed by atoms with E-state index in [-0.39, 0.29) is 5.28 Å². The molecule has 0 atom stereocenters. The third-order valence-electron chi connectivity index (χ3n) is 1.83. The lowest BCUT2D eigenvalue weighted by Crippen LogP contribution is -2.02. The van der Waals surface area contributed by atoms with Gasteiger partial charge >= 0.3 is 6.18 Å². The summed E-state index contributed by atoms with van der Waals surface area (Å²) in [5, 5.41) is -0.901. The summed E-state index contributed by atoms with van der Waals surface area (Å²) in [7, 11) is 0. The molecular formula is C9H5ClF3N3S. The fourth-order valence-electron chi connectivity index (χ4n) is 1.18. The van der Waals surface area contributed by atoms with Crippen LogP contribution in [0.25, 0.3) is 10.6 Å². The van der Waals surface area contributed by atoms with Gasteiger partial charge in [0.2, 0.25) is 5.28 Å². The number of alkyl halides is 3. The fraction of sp³-hybridized carbons (Fsp3) is 0.222. The second kappa shape index (κ2) is 4.23. The zero-order valence-corrected chi connectivity index (χ0v) is 9.99. The Morgan fingerprint density at radius 1 is 1.29 bits per heavy atom. The van der Waals surface area contributed by atoms with Crippen LogP contribution < -0.4 is 0 Å². The molecular weight excluding hydrogens is 275 g/mol. The van der Waals surface area contributed by atoms with Crippen molar-refractivity contribution in [2.45, 2.75) is 13.1 Å². The summed E-state index contributed by atoms with van der Waals surface area (Å²) in [5.74, 6) is 0. The summed E-state index contributed by atoms with van der Waals surface area (Å²) in [5.41, 5.74) is 0.928. The van der Waals surface area contributed by atoms with E-state index in [0.29, 0.717) is 27.6 Å². The number of halogens is 4. The summed E-state index contributed by atoms with van der Waals surface area (Å²) in [6.45, 7) is 1.68. The molecule has 17 heavy (non-hydrogen) atoms. The van der Waals surface area contributed by atoms with Crippen LogP contribution in [0.15, 0.2) is 12.3 Å². The molecule has 0 N–H and O–H groups in total. The molecule has 2 heterocycles. The molecule has 2 rings (SSSR count). The summed E-state index contributed by atoms with van der Waals surface area (Å²) < 4.78 is 37.1. The van der Waals surface area contributed by atoms with Crippen LogP contribution in [-0.4, -0.2) is 15.0 Å². The lowest BCUT2D eigenvalue weighted by atomic mass is 10.3. The standard InChI is InChI=1S/C9H5ClF3N3S/c1-4-2-5(16-8(10)15-4)6-3-14-7(17-6)9(11,12)13/h2-3H,1H3. The molecule has 0 saturated heterocycles. The van der Waals surface area contributed by atoms with E-state index in [1.807, 2.05) is 0 Å². The molecule has 0 radical (unpaired) electrons. The Hall–Kier alpha value is -1.21. The molecule has 3 nitrogen and oxygen atoms in total. The van der Waals surface area contributed by atoms with Crippen molar-refractivity contribution < 1.29 is 13.2 Å². The third kappa shape index (κ3) is 2.73. The van der Waals surface area contributed by atoms with Crippen LogP contribution in [0.1, 0.15) is 10.7 Å². The van der Waals surface area contributed by atoms with Crippen LogP contribution in [0.3, 0.4) is 0 Å². The Morgan fingerprint density at radius 2 is 2.00 bits per heavy atom. The van der Waals surface area contributed by atoms with Crippen molar-refractivity contribution in [2.24, 2.45) is 0 Å². The number of hydrogen-bond acceptors (Lipinski definition) is 4. The number of nitrogens with zero attached hydrogens (tertiary/aromatic N) is 3. The van der Waals surface area contributed by atoms with Gasteiger partial charge < -0.3 is 0 Å². The van der Waals surface area contributed by atoms with Crippen molar-refractivity contribution in [3.63, 3.8) is 0 Å². The van der Waals surface area contributed by atoms with Crippen LogP contribution >= 0.6 is 22.9 Å². The molecule has 0 spiro atoms. The molecule has 0 fully saturated rings. The van der Waals surface area contributed by atoms with Gasteiger partial charge in [0.25, 0.3) is 0 Å². The highest BCUT2D eigenvalue weighted by molar-refractivity contribution is 7.15. The van der Waals surface area contributed by atoms with E-state index in [9.17, 15) is 13.2 Å². The van der Waals surface area contributed by atoms with E-state index in [2.05, 4.69) is 15.0 Å². The van der Waals surface area contributed by atoms with Gasteiger partial charge in [-0.2, -0.15) is 13.2 Å². The molecule has 0 aliphatic carbocycles. The maximum absolute atomic E-state index is 12.4. The van der Waals surface area contributed by atoms with E-state index < -0.39 is 11.2 Å². The first kappa shape index (κ1) is 12.3. The maximum Gasteiger partial charge on any atom is 0.443 e. The van der Waals surface area contributed by atoms with Gasteiger partial charge in [-0.1, -0.05) is 0 Å². The normalized spacial score (nSPS) is 11.8. The topological polar surface area (TPSA) is 38.7 Å². The van der Waals surface area contributed by atoms with E-state index in [1.54, 1.807) is 13.0 Å². The summed E-state index contributed by atoms with van der Waals surface area (Å²) >= 11 is 6.16. The lowest BCUT2D eigenvalue weighted by Gasteiger charge is -2.00. The Labute approximate surface area is 103 Å². The molecule has 2 aromatic heterocycles. The summed E-state index contributed by atoms with van der Waals surface area (Å²) in [4.78, 5) is 11.3. The third-order valence-corrected chi connectivity index (χ3v) is 3.06. The quantitative estimate of drug-likeness (QED) is 0.749. The smallest absolute Gasteiger partial charge is 0.240 e. The fourth-order valence-corrected chi connectivity index (χ4v) is 2.15. The monoisotopic (exact) mass is 279 g/mol. The highest BCUT2D eigenvalue weighted by Gasteiger charge is 2.34. The van der Waals surface area contributed by atoms with E-state index in [1.165, 1.54) is 0 Å². The van der Waals surface area contributed by atoms with Crippen LogP contribution in [0.2, 0.25) is 5.28 Å². The second-order valence-corrected chi connectivity index (χ2v) is 4.56. The summed E-state index contributed by atoms with van der Waals surface area (Å²) in [6, 6.07) is 1.56. The molecule has 0 aromatic carbocycles. The minimum absolute atomic E-state index is 0.00181. The predicted octanol–water partition coefficient (Wildman–Crippen LogP) is 3.58. The zero-order valence-electron chi connectivity index (χ0n) is 8.42. The van der Waals surface area contributed by atoms with E-state index in [4.69, 9.17) is 11.6 Å². The minimum atomic E-state index is -4.44. The molecule has 0 aliphatic rings. The minimum Gasteiger partial charge on any atom is -0.240 e. The highest BCUT2D eigenvalue weighted by Crippen LogP contribution is 2.35. The number of aryl methyl sites for hydroxylation is 1. The van der Waals surface area contributed by atoms with Gasteiger partial charge in [0, 0.05) is 11.9 Å². The first-order chi connectivity index (χ1) is 7.86. The second-order valence-electron chi connectivity index (χ2n) is 3.19. The van der Waals surface area contributed by atoms with Crippen LogP contribution in [-0.2, 0) is 6.18 Å². The van der Waals surface area contributed by atoms with Gasteiger partial charge in [0.15, 0.2) is 5.01 Å². The SMILES string of the molecule is Cc1cc(-c2cnc(C(F)(F)F)s2)nc(Cl)n1. The predicted molar refractivity (Wildman–Crippen MR) is 57.9 cm³/mol. The van der Waals surface area contributed by atoms with Gasteiger partial charge in [0.1, 0.15) is 0 Å². The lowest BCUT2D eigenvalue weighted by molar-refractivity contribution is -0.137. The van der Waals surface area contributed by atoms with Crippen molar-refractivity contribution >= 4 is 22.9 Å². The number of rotatable bonds is 1. The Bertz CT molecular complexity index is 532. The first-order valence-corrected chi connectivity index (χ1v) is 5.60. The molecule has 8 heteroatoms. The van der Waals surface area contributed by atoms with E-state index in [0.717, 1.165) is 6.20 Å². The van der Waals surface area contributed by atoms with Gasteiger partial charge in [-0.05, 0) is 24.6 Å². The molecule has 2 aromatic rings. The van der Waals surface area contributed by atoms with E-state index >= 15 is 0 Å². The Morgan fingerprint density at radius 3 is 2.53 bits per heavy atom. The summed E-state index contributed by atoms with van der Waals surface area (Å²) in [6.07, 6.45) is -3.31. The Kier molecular flexibility index (Phi) is 3.05. The molecule has 0 amide bonds. The zero-order chi connectivity index (χ0) is 12.6. The van der Waals surface area contributed by atoms with Crippen LogP contribution in [0.4, 0.5) is 13.2 Å². The first-order valence-electron chi connectivity index (χ1n) is 4.41. The van der Waals surface area contributed by atoms with Crippen molar-refractivity contribution in [2.75, 3.05) is 0 Å². The maximum atomic E-state index is 12.4. The van der Waals surface area contributed by atoms with Gasteiger partial charge in [0.05, 0.1) is 10.6 Å². The van der Waals surface area contributed by atoms with Crippen molar-refractivity contribution in [1.82, 2.24) is 15.0 Å². The molecule has 0 unspecified atom stereocenters. The van der Waals surface area contributed by atoms with Gasteiger partial charge in [-0.3, -0.25) is 0 Å². The molecule has 90 valence electrons. The van der Waals surface area contributed by atoms with Gasteiger partial charge in [-0.15, -0.1) is 11.3 Å². The largest absolute Gasteiger partial charge is 0.443 e. The number of aromatic nitrogens is 3. The molecule has 0 aliphatic heterocycles. The molecule has 0 bridgehead atoms. The average Bonchev–Trinajstić information content (AvgIpc) is 2.63. The van der Waals surface area contributed by atoms with Crippen molar-refractivity contribution in [3.05, 3.63) is 28.2 Å². The van der Waals surface area contributed by atoms with Crippen LogP contribution in [0, 0.1) is 6.92 Å². The number of thiazole rings is 1. The van der Waals surface area contributed by atoms with Crippen LogP contribution in [0.5, 0.6) is 0 Å². The van der Waals surface area contributed by atoms with Crippen molar-refractivity contribution in [1.29, 1.82) is 0 Å². The molecule has 0 saturated carbocycles.